The second-order valence-corrected chi connectivity index (χ2v) is 5.90. The number of aromatic amines is 2. The van der Waals surface area contributed by atoms with E-state index in [0.29, 0.717) is 27.2 Å². The van der Waals surface area contributed by atoms with Crippen LogP contribution in [0.5, 0.6) is 0 Å². The highest BCUT2D eigenvalue weighted by Gasteiger charge is 2.09. The number of carbonyl (C=O) groups excluding carboxylic acids is 1. The number of rotatable bonds is 2. The van der Waals surface area contributed by atoms with Gasteiger partial charge in [-0.05, 0) is 55.0 Å². The summed E-state index contributed by atoms with van der Waals surface area (Å²) < 4.78 is 0.213. The summed E-state index contributed by atoms with van der Waals surface area (Å²) >= 11 is 11.0. The third-order valence-electron chi connectivity index (χ3n) is 3.43. The topological polar surface area (TPSA) is 77.8 Å². The fourth-order valence-corrected chi connectivity index (χ4v) is 2.57. The van der Waals surface area contributed by atoms with Gasteiger partial charge in [-0.25, -0.2) is 0 Å². The normalized spacial score (nSPS) is 10.7. The third kappa shape index (κ3) is 3.18. The van der Waals surface area contributed by atoms with E-state index in [2.05, 4.69) is 15.3 Å². The van der Waals surface area contributed by atoms with Crippen LogP contribution in [0, 0.1) is 11.7 Å². The molecule has 5 nitrogen and oxygen atoms in total. The second-order valence-electron chi connectivity index (χ2n) is 5.09. The molecule has 3 rings (SSSR count). The molecule has 1 aromatic heterocycles. The van der Waals surface area contributed by atoms with Crippen LogP contribution >= 0.6 is 23.8 Å². The number of fused-ring (bicyclic) bond motifs is 1. The highest BCUT2D eigenvalue weighted by Crippen LogP contribution is 2.20. The van der Waals surface area contributed by atoms with Crippen LogP contribution in [0.25, 0.3) is 10.9 Å². The lowest BCUT2D eigenvalue weighted by Crippen LogP contribution is -2.13. The van der Waals surface area contributed by atoms with Gasteiger partial charge in [0, 0.05) is 16.3 Å². The minimum atomic E-state index is -0.300. The Morgan fingerprint density at radius 2 is 1.96 bits per heavy atom. The molecular formula is C16H12ClN3O2S. The monoisotopic (exact) mass is 345 g/mol. The summed E-state index contributed by atoms with van der Waals surface area (Å²) in [4.78, 5) is 29.5. The summed E-state index contributed by atoms with van der Waals surface area (Å²) in [6.07, 6.45) is 0. The number of hydrogen-bond acceptors (Lipinski definition) is 3. The zero-order chi connectivity index (χ0) is 16.6. The van der Waals surface area contributed by atoms with Crippen LogP contribution in [0.3, 0.4) is 0 Å². The van der Waals surface area contributed by atoms with Crippen molar-refractivity contribution in [3.63, 3.8) is 0 Å². The summed E-state index contributed by atoms with van der Waals surface area (Å²) in [6.45, 7) is 1.89. The molecule has 0 spiro atoms. The lowest BCUT2D eigenvalue weighted by molar-refractivity contribution is 0.102. The van der Waals surface area contributed by atoms with E-state index < -0.39 is 0 Å². The van der Waals surface area contributed by atoms with Crippen molar-refractivity contribution in [2.24, 2.45) is 0 Å². The van der Waals surface area contributed by atoms with Crippen molar-refractivity contribution in [1.29, 1.82) is 0 Å². The van der Waals surface area contributed by atoms with Gasteiger partial charge in [-0.15, -0.1) is 0 Å². The molecule has 0 aliphatic rings. The third-order valence-corrected chi connectivity index (χ3v) is 4.04. The first-order chi connectivity index (χ1) is 10.9. The second kappa shape index (κ2) is 5.98. The van der Waals surface area contributed by atoms with Gasteiger partial charge in [0.1, 0.15) is 0 Å². The van der Waals surface area contributed by atoms with Gasteiger partial charge in [0.25, 0.3) is 11.5 Å². The maximum atomic E-state index is 12.3. The van der Waals surface area contributed by atoms with Crippen molar-refractivity contribution in [2.75, 3.05) is 5.32 Å². The van der Waals surface area contributed by atoms with E-state index in [1.54, 1.807) is 30.3 Å². The van der Waals surface area contributed by atoms with Crippen molar-refractivity contribution in [1.82, 2.24) is 9.97 Å². The van der Waals surface area contributed by atoms with Gasteiger partial charge in [-0.3, -0.25) is 14.6 Å². The quantitative estimate of drug-likeness (QED) is 0.618. The molecule has 2 aromatic carbocycles. The summed E-state index contributed by atoms with van der Waals surface area (Å²) in [5.41, 5.74) is 2.16. The van der Waals surface area contributed by atoms with Crippen LogP contribution in [0.2, 0.25) is 5.02 Å². The molecule has 0 atom stereocenters. The Balaban J connectivity index is 1.96. The van der Waals surface area contributed by atoms with Crippen molar-refractivity contribution in [3.05, 3.63) is 67.7 Å². The fraction of sp³-hybridized carbons (Fsp3) is 0.0625. The maximum absolute atomic E-state index is 12.3. The van der Waals surface area contributed by atoms with Crippen molar-refractivity contribution in [3.8, 4) is 0 Å². The number of benzene rings is 2. The molecule has 23 heavy (non-hydrogen) atoms. The Kier molecular flexibility index (Phi) is 4.02. The SMILES string of the molecule is Cc1ccc(NC(=O)c2ccc3c(=O)[nH]c(=S)[nH]c3c2)cc1Cl. The van der Waals surface area contributed by atoms with Gasteiger partial charge in [-0.2, -0.15) is 0 Å². The first-order valence-electron chi connectivity index (χ1n) is 6.78. The molecule has 0 bridgehead atoms. The number of hydrogen-bond donors (Lipinski definition) is 3. The summed E-state index contributed by atoms with van der Waals surface area (Å²) in [5.74, 6) is -0.300. The molecule has 3 aromatic rings. The zero-order valence-electron chi connectivity index (χ0n) is 12.1. The minimum absolute atomic E-state index is 0.213. The smallest absolute Gasteiger partial charge is 0.259 e. The molecule has 116 valence electrons. The summed E-state index contributed by atoms with van der Waals surface area (Å²) in [6, 6.07) is 10.0. The zero-order valence-corrected chi connectivity index (χ0v) is 13.6. The first kappa shape index (κ1) is 15.5. The Labute approximate surface area is 141 Å². The van der Waals surface area contributed by atoms with E-state index in [-0.39, 0.29) is 16.2 Å². The molecule has 3 N–H and O–H groups in total. The number of carbonyl (C=O) groups is 1. The van der Waals surface area contributed by atoms with Crippen LogP contribution in [-0.4, -0.2) is 15.9 Å². The molecule has 0 aliphatic heterocycles. The van der Waals surface area contributed by atoms with Gasteiger partial charge in [0.05, 0.1) is 10.9 Å². The van der Waals surface area contributed by atoms with E-state index in [0.717, 1.165) is 5.56 Å². The Morgan fingerprint density at radius 3 is 2.70 bits per heavy atom. The largest absolute Gasteiger partial charge is 0.332 e. The molecular weight excluding hydrogens is 334 g/mol. The number of halogens is 1. The van der Waals surface area contributed by atoms with Crippen molar-refractivity contribution >= 4 is 46.3 Å². The fourth-order valence-electron chi connectivity index (χ4n) is 2.18. The number of amides is 1. The van der Waals surface area contributed by atoms with Crippen molar-refractivity contribution < 1.29 is 4.79 Å². The molecule has 0 fully saturated rings. The van der Waals surface area contributed by atoms with Crippen LogP contribution in [0.1, 0.15) is 15.9 Å². The Hall–Kier alpha value is -2.44. The predicted molar refractivity (Wildman–Crippen MR) is 93.9 cm³/mol. The summed E-state index contributed by atoms with van der Waals surface area (Å²) in [7, 11) is 0. The summed E-state index contributed by atoms with van der Waals surface area (Å²) in [5, 5.41) is 3.79. The van der Waals surface area contributed by atoms with Crippen LogP contribution in [0.15, 0.2) is 41.2 Å². The van der Waals surface area contributed by atoms with Gasteiger partial charge in [0.2, 0.25) is 0 Å². The molecule has 0 saturated heterocycles. The average Bonchev–Trinajstić information content (AvgIpc) is 2.50. The number of nitrogens with one attached hydrogen (secondary N) is 3. The molecule has 0 radical (unpaired) electrons. The van der Waals surface area contributed by atoms with E-state index >= 15 is 0 Å². The van der Waals surface area contributed by atoms with Crippen LogP contribution in [0.4, 0.5) is 5.69 Å². The minimum Gasteiger partial charge on any atom is -0.332 e. The Morgan fingerprint density at radius 1 is 1.17 bits per heavy atom. The van der Waals surface area contributed by atoms with Crippen LogP contribution in [-0.2, 0) is 0 Å². The van der Waals surface area contributed by atoms with E-state index in [9.17, 15) is 9.59 Å². The standard InChI is InChI=1S/C16H12ClN3O2S/c1-8-2-4-10(7-12(8)17)18-14(21)9-3-5-11-13(6-9)19-16(23)20-15(11)22/h2-7H,1H3,(H,18,21)(H2,19,20,22,23). The van der Waals surface area contributed by atoms with Crippen molar-refractivity contribution in [2.45, 2.75) is 6.92 Å². The van der Waals surface area contributed by atoms with Gasteiger partial charge < -0.3 is 10.3 Å². The highest BCUT2D eigenvalue weighted by atomic mass is 35.5. The van der Waals surface area contributed by atoms with E-state index in [1.165, 1.54) is 0 Å². The number of aryl methyl sites for hydroxylation is 1. The highest BCUT2D eigenvalue weighted by molar-refractivity contribution is 7.71. The number of aromatic nitrogens is 2. The molecule has 7 heteroatoms. The Bertz CT molecular complexity index is 1040. The van der Waals surface area contributed by atoms with Gasteiger partial charge in [-0.1, -0.05) is 17.7 Å². The first-order valence-corrected chi connectivity index (χ1v) is 7.56. The predicted octanol–water partition coefficient (Wildman–Crippen LogP) is 3.80. The molecule has 0 saturated carbocycles. The molecule has 1 amide bonds. The van der Waals surface area contributed by atoms with Crippen LogP contribution < -0.4 is 10.9 Å². The lowest BCUT2D eigenvalue weighted by Gasteiger charge is -2.07. The number of anilines is 1. The average molecular weight is 346 g/mol. The molecule has 1 heterocycles. The molecule has 0 aliphatic carbocycles. The number of H-pyrrole nitrogens is 2. The van der Waals surface area contributed by atoms with E-state index in [4.69, 9.17) is 23.8 Å². The van der Waals surface area contributed by atoms with Gasteiger partial charge >= 0.3 is 0 Å². The van der Waals surface area contributed by atoms with E-state index in [1.807, 2.05) is 13.0 Å². The van der Waals surface area contributed by atoms with Gasteiger partial charge in [0.15, 0.2) is 4.77 Å². The maximum Gasteiger partial charge on any atom is 0.259 e. The molecule has 0 unspecified atom stereocenters. The lowest BCUT2D eigenvalue weighted by atomic mass is 10.1.